The Morgan fingerprint density at radius 2 is 2.29 bits per heavy atom. The van der Waals surface area contributed by atoms with Gasteiger partial charge in [-0.05, 0) is 43.0 Å². The molecule has 1 saturated carbocycles. The van der Waals surface area contributed by atoms with Crippen molar-refractivity contribution >= 4 is 38.6 Å². The number of hydrogen-bond donors (Lipinski definition) is 1. The van der Waals surface area contributed by atoms with Crippen LogP contribution in [0.4, 0.5) is 0 Å². The Labute approximate surface area is 183 Å². The standard InChI is InChI=1S/C23H22N4O3S/c1-13(28)25-19-8-16-7-14(19)10-27(16)11-15-12-29-20-9-17(4-5-18(15)20)30-23-26-22-21(31-23)3-2-6-24-22/h2-6,9,12,14,16,19H,7-8,10-11H2,1H3,(H,25,28). The number of thiazole rings is 1. The number of rotatable bonds is 5. The highest BCUT2D eigenvalue weighted by molar-refractivity contribution is 7.20. The number of nitrogens with one attached hydrogen (secondary N) is 1. The van der Waals surface area contributed by atoms with Gasteiger partial charge in [-0.2, -0.15) is 4.98 Å². The van der Waals surface area contributed by atoms with Crippen LogP contribution in [0.1, 0.15) is 25.3 Å². The van der Waals surface area contributed by atoms with Crippen LogP contribution in [0.5, 0.6) is 10.9 Å². The Kier molecular flexibility index (Phi) is 4.43. The fraction of sp³-hybridized carbons (Fsp3) is 0.348. The molecule has 1 saturated heterocycles. The van der Waals surface area contributed by atoms with Crippen LogP contribution in [-0.4, -0.2) is 39.4 Å². The second-order valence-electron chi connectivity index (χ2n) is 8.45. The van der Waals surface area contributed by atoms with Crippen molar-refractivity contribution in [1.29, 1.82) is 0 Å². The molecule has 3 atom stereocenters. The van der Waals surface area contributed by atoms with Gasteiger partial charge in [-0.1, -0.05) is 11.3 Å². The first-order valence-electron chi connectivity index (χ1n) is 10.5. The van der Waals surface area contributed by atoms with Crippen LogP contribution >= 0.6 is 11.3 Å². The number of benzene rings is 1. The summed E-state index contributed by atoms with van der Waals surface area (Å²) in [4.78, 5) is 22.6. The summed E-state index contributed by atoms with van der Waals surface area (Å²) in [5, 5.41) is 4.79. The molecule has 8 heteroatoms. The first-order valence-corrected chi connectivity index (χ1v) is 11.3. The highest BCUT2D eigenvalue weighted by Gasteiger charge is 2.44. The van der Waals surface area contributed by atoms with Gasteiger partial charge < -0.3 is 14.5 Å². The van der Waals surface area contributed by atoms with E-state index in [2.05, 4.69) is 26.3 Å². The van der Waals surface area contributed by atoms with Crippen LogP contribution < -0.4 is 10.1 Å². The van der Waals surface area contributed by atoms with Gasteiger partial charge in [-0.15, -0.1) is 0 Å². The van der Waals surface area contributed by atoms with Crippen LogP contribution in [0.2, 0.25) is 0 Å². The summed E-state index contributed by atoms with van der Waals surface area (Å²) in [6, 6.07) is 10.7. The van der Waals surface area contributed by atoms with E-state index >= 15 is 0 Å². The molecule has 1 N–H and O–H groups in total. The fourth-order valence-electron chi connectivity index (χ4n) is 5.04. The maximum Gasteiger partial charge on any atom is 0.281 e. The Morgan fingerprint density at radius 3 is 3.10 bits per heavy atom. The lowest BCUT2D eigenvalue weighted by Gasteiger charge is -2.31. The zero-order valence-corrected chi connectivity index (χ0v) is 17.9. The van der Waals surface area contributed by atoms with Crippen molar-refractivity contribution in [2.24, 2.45) is 5.92 Å². The van der Waals surface area contributed by atoms with Crippen LogP contribution in [0.15, 0.2) is 47.2 Å². The maximum atomic E-state index is 11.4. The summed E-state index contributed by atoms with van der Waals surface area (Å²) in [7, 11) is 0. The number of aromatic nitrogens is 2. The highest BCUT2D eigenvalue weighted by Crippen LogP contribution is 2.40. The molecule has 2 aliphatic rings. The van der Waals surface area contributed by atoms with Crippen molar-refractivity contribution in [3.8, 4) is 10.9 Å². The molecule has 6 rings (SSSR count). The van der Waals surface area contributed by atoms with Gasteiger partial charge in [-0.25, -0.2) is 4.98 Å². The van der Waals surface area contributed by atoms with E-state index in [1.165, 1.54) is 16.9 Å². The van der Waals surface area contributed by atoms with Gasteiger partial charge in [0, 0.05) is 55.3 Å². The number of carbonyl (C=O) groups is 1. The average molecular weight is 435 g/mol. The first kappa shape index (κ1) is 18.8. The third-order valence-electron chi connectivity index (χ3n) is 6.40. The number of carbonyl (C=O) groups excluding carboxylic acids is 1. The first-order chi connectivity index (χ1) is 15.1. The van der Waals surface area contributed by atoms with Crippen molar-refractivity contribution in [3.05, 3.63) is 48.4 Å². The van der Waals surface area contributed by atoms with E-state index < -0.39 is 0 Å². The predicted octanol–water partition coefficient (Wildman–Crippen LogP) is 4.33. The highest BCUT2D eigenvalue weighted by atomic mass is 32.1. The minimum absolute atomic E-state index is 0.0741. The third-order valence-corrected chi connectivity index (χ3v) is 7.28. The normalized spacial score (nSPS) is 23.1. The van der Waals surface area contributed by atoms with Crippen molar-refractivity contribution in [2.75, 3.05) is 6.54 Å². The summed E-state index contributed by atoms with van der Waals surface area (Å²) in [5.74, 6) is 1.33. The summed E-state index contributed by atoms with van der Waals surface area (Å²) in [5.41, 5.74) is 2.70. The van der Waals surface area contributed by atoms with Crippen LogP contribution in [0.3, 0.4) is 0 Å². The SMILES string of the molecule is CC(=O)NC1CC2CC1CN2Cc1coc2cc(Oc3nc4ncccc4s3)ccc12. The fourth-order valence-corrected chi connectivity index (χ4v) is 5.83. The molecule has 158 valence electrons. The number of furan rings is 1. The van der Waals surface area contributed by atoms with Crippen LogP contribution in [-0.2, 0) is 11.3 Å². The second kappa shape index (κ2) is 7.32. The number of nitrogens with zero attached hydrogens (tertiary/aromatic N) is 3. The van der Waals surface area contributed by atoms with Crippen molar-refractivity contribution in [1.82, 2.24) is 20.2 Å². The van der Waals surface area contributed by atoms with Gasteiger partial charge in [0.15, 0.2) is 5.65 Å². The molecule has 4 aromatic rings. The predicted molar refractivity (Wildman–Crippen MR) is 118 cm³/mol. The van der Waals surface area contributed by atoms with E-state index in [0.717, 1.165) is 41.6 Å². The molecule has 3 aromatic heterocycles. The van der Waals surface area contributed by atoms with Crippen molar-refractivity contribution in [2.45, 2.75) is 38.4 Å². The summed E-state index contributed by atoms with van der Waals surface area (Å²) < 4.78 is 12.8. The molecule has 1 amide bonds. The van der Waals surface area contributed by atoms with Gasteiger partial charge in [0.25, 0.3) is 5.19 Å². The topological polar surface area (TPSA) is 80.5 Å². The number of piperidine rings is 1. The summed E-state index contributed by atoms with van der Waals surface area (Å²) in [6.45, 7) is 3.49. The number of ether oxygens (including phenoxy) is 1. The zero-order chi connectivity index (χ0) is 20.9. The smallest absolute Gasteiger partial charge is 0.281 e. The molecule has 0 radical (unpaired) electrons. The minimum Gasteiger partial charge on any atom is -0.464 e. The van der Waals surface area contributed by atoms with E-state index in [-0.39, 0.29) is 5.91 Å². The van der Waals surface area contributed by atoms with E-state index in [4.69, 9.17) is 9.15 Å². The average Bonchev–Trinajstić information content (AvgIpc) is 3.50. The van der Waals surface area contributed by atoms with Gasteiger partial charge in [0.2, 0.25) is 5.91 Å². The Bertz CT molecular complexity index is 1250. The molecule has 0 spiro atoms. The molecular formula is C23H22N4O3S. The largest absolute Gasteiger partial charge is 0.464 e. The Morgan fingerprint density at radius 1 is 1.35 bits per heavy atom. The lowest BCUT2D eigenvalue weighted by Crippen LogP contribution is -2.44. The number of amides is 1. The molecule has 1 aliphatic heterocycles. The third kappa shape index (κ3) is 3.45. The van der Waals surface area contributed by atoms with Gasteiger partial charge in [0.05, 0.1) is 11.0 Å². The van der Waals surface area contributed by atoms with Crippen molar-refractivity contribution < 1.29 is 13.9 Å². The van der Waals surface area contributed by atoms with Gasteiger partial charge in [-0.3, -0.25) is 9.69 Å². The molecule has 2 bridgehead atoms. The maximum absolute atomic E-state index is 11.4. The number of fused-ring (bicyclic) bond motifs is 4. The van der Waals surface area contributed by atoms with E-state index in [1.54, 1.807) is 13.1 Å². The number of likely N-dealkylation sites (tertiary alicyclic amines) is 1. The summed E-state index contributed by atoms with van der Waals surface area (Å²) in [6.07, 6.45) is 5.78. The second-order valence-corrected chi connectivity index (χ2v) is 9.44. The number of pyridine rings is 1. The molecule has 2 fully saturated rings. The van der Waals surface area contributed by atoms with Crippen LogP contribution in [0.25, 0.3) is 21.3 Å². The summed E-state index contributed by atoms with van der Waals surface area (Å²) >= 11 is 1.48. The number of hydrogen-bond acceptors (Lipinski definition) is 7. The molecule has 31 heavy (non-hydrogen) atoms. The van der Waals surface area contributed by atoms with E-state index in [9.17, 15) is 4.79 Å². The zero-order valence-electron chi connectivity index (χ0n) is 17.1. The lowest BCUT2D eigenvalue weighted by molar-refractivity contribution is -0.120. The molecular weight excluding hydrogens is 412 g/mol. The monoisotopic (exact) mass is 434 g/mol. The Hall–Kier alpha value is -2.97. The van der Waals surface area contributed by atoms with E-state index in [1.807, 2.05) is 30.5 Å². The lowest BCUT2D eigenvalue weighted by atomic mass is 10.0. The molecule has 1 aliphatic carbocycles. The minimum atomic E-state index is 0.0741. The quantitative estimate of drug-likeness (QED) is 0.504. The molecule has 1 aromatic carbocycles. The van der Waals surface area contributed by atoms with Crippen molar-refractivity contribution in [3.63, 3.8) is 0 Å². The van der Waals surface area contributed by atoms with E-state index in [0.29, 0.717) is 34.6 Å². The Balaban J connectivity index is 1.17. The molecule has 7 nitrogen and oxygen atoms in total. The van der Waals surface area contributed by atoms with Gasteiger partial charge >= 0.3 is 0 Å². The molecule has 4 heterocycles. The van der Waals surface area contributed by atoms with Crippen LogP contribution in [0, 0.1) is 5.92 Å². The van der Waals surface area contributed by atoms with Gasteiger partial charge in [0.1, 0.15) is 11.3 Å². The molecule has 3 unspecified atom stereocenters.